The fraction of sp³-hybridized carbons (Fsp3) is 0.231. The van der Waals surface area contributed by atoms with Gasteiger partial charge in [-0.05, 0) is 23.8 Å². The van der Waals surface area contributed by atoms with Crippen LogP contribution in [-0.4, -0.2) is 24.9 Å². The maximum absolute atomic E-state index is 12.4. The molecule has 0 aliphatic rings. The Labute approximate surface area is 130 Å². The number of hydrogen-bond donors (Lipinski definition) is 1. The van der Waals surface area contributed by atoms with Crippen LogP contribution in [0.25, 0.3) is 0 Å². The zero-order chi connectivity index (χ0) is 14.8. The maximum Gasteiger partial charge on any atom is 0.252 e. The van der Waals surface area contributed by atoms with E-state index in [-0.39, 0.29) is 17.4 Å². The molecule has 2 rings (SSSR count). The first kappa shape index (κ1) is 15.7. The molecule has 0 aliphatic heterocycles. The van der Waals surface area contributed by atoms with Crippen LogP contribution in [-0.2, 0) is 23.2 Å². The van der Waals surface area contributed by atoms with E-state index in [2.05, 4.69) is 15.9 Å². The topological polar surface area (TPSA) is 57.6 Å². The molecule has 0 amide bonds. The molecule has 2 aromatic rings. The number of thiophene rings is 1. The predicted octanol–water partition coefficient (Wildman–Crippen LogP) is 2.82. The van der Waals surface area contributed by atoms with Gasteiger partial charge in [-0.15, -0.1) is 11.3 Å². The molecular weight excluding hydrogens is 362 g/mol. The molecule has 0 spiro atoms. The highest BCUT2D eigenvalue weighted by molar-refractivity contribution is 9.10. The van der Waals surface area contributed by atoms with Crippen LogP contribution < -0.4 is 0 Å². The monoisotopic (exact) mass is 375 g/mol. The van der Waals surface area contributed by atoms with Crippen LogP contribution in [0.3, 0.4) is 0 Å². The van der Waals surface area contributed by atoms with Gasteiger partial charge in [-0.25, -0.2) is 8.42 Å². The van der Waals surface area contributed by atoms with E-state index >= 15 is 0 Å². The second kappa shape index (κ2) is 6.36. The maximum atomic E-state index is 12.4. The van der Waals surface area contributed by atoms with Gasteiger partial charge in [0.1, 0.15) is 4.21 Å². The van der Waals surface area contributed by atoms with Crippen molar-refractivity contribution in [2.75, 3.05) is 7.05 Å². The first-order valence-electron chi connectivity index (χ1n) is 5.84. The van der Waals surface area contributed by atoms with E-state index < -0.39 is 10.0 Å². The summed E-state index contributed by atoms with van der Waals surface area (Å²) in [5, 5.41) is 9.02. The molecule has 0 unspecified atom stereocenters. The summed E-state index contributed by atoms with van der Waals surface area (Å²) in [6, 6.07) is 10.7. The van der Waals surface area contributed by atoms with Crippen molar-refractivity contribution >= 4 is 37.3 Å². The first-order chi connectivity index (χ1) is 9.45. The second-order valence-electron chi connectivity index (χ2n) is 4.23. The third-order valence-electron chi connectivity index (χ3n) is 2.81. The van der Waals surface area contributed by atoms with Gasteiger partial charge in [-0.2, -0.15) is 4.31 Å². The van der Waals surface area contributed by atoms with E-state index in [1.54, 1.807) is 13.1 Å². The van der Waals surface area contributed by atoms with Gasteiger partial charge in [0.15, 0.2) is 0 Å². The van der Waals surface area contributed by atoms with Crippen molar-refractivity contribution in [1.82, 2.24) is 4.31 Å². The quantitative estimate of drug-likeness (QED) is 0.873. The van der Waals surface area contributed by atoms with Gasteiger partial charge < -0.3 is 5.11 Å². The minimum absolute atomic E-state index is 0.145. The number of benzene rings is 1. The Morgan fingerprint density at radius 2 is 1.95 bits per heavy atom. The third-order valence-corrected chi connectivity index (χ3v) is 6.92. The van der Waals surface area contributed by atoms with Crippen LogP contribution in [0.1, 0.15) is 10.4 Å². The molecule has 0 bridgehead atoms. The summed E-state index contributed by atoms with van der Waals surface area (Å²) < 4.78 is 27.3. The minimum Gasteiger partial charge on any atom is -0.391 e. The van der Waals surface area contributed by atoms with Crippen molar-refractivity contribution in [2.45, 2.75) is 17.4 Å². The lowest BCUT2D eigenvalue weighted by atomic mass is 10.2. The van der Waals surface area contributed by atoms with Gasteiger partial charge in [0.2, 0.25) is 0 Å². The number of sulfonamides is 1. The van der Waals surface area contributed by atoms with E-state index in [9.17, 15) is 8.42 Å². The number of halogens is 1. The van der Waals surface area contributed by atoms with Crippen LogP contribution in [0.4, 0.5) is 0 Å². The molecule has 1 N–H and O–H groups in total. The Balaban J connectivity index is 2.23. The first-order valence-corrected chi connectivity index (χ1v) is 8.89. The van der Waals surface area contributed by atoms with Crippen molar-refractivity contribution in [2.24, 2.45) is 0 Å². The Morgan fingerprint density at radius 1 is 1.25 bits per heavy atom. The van der Waals surface area contributed by atoms with E-state index in [1.807, 2.05) is 24.3 Å². The predicted molar refractivity (Wildman–Crippen MR) is 83.0 cm³/mol. The third kappa shape index (κ3) is 3.29. The summed E-state index contributed by atoms with van der Waals surface area (Å²) in [7, 11) is -1.97. The molecule has 1 heterocycles. The SMILES string of the molecule is CN(Cc1ccccc1Br)S(=O)(=O)c1ccc(CO)s1. The molecule has 0 saturated heterocycles. The van der Waals surface area contributed by atoms with Crippen molar-refractivity contribution in [3.05, 3.63) is 51.3 Å². The fourth-order valence-corrected chi connectivity index (χ4v) is 4.67. The van der Waals surface area contributed by atoms with Gasteiger partial charge in [-0.1, -0.05) is 34.1 Å². The molecule has 1 aromatic carbocycles. The Bertz CT molecular complexity index is 697. The van der Waals surface area contributed by atoms with E-state index in [0.29, 0.717) is 4.88 Å². The molecule has 0 radical (unpaired) electrons. The molecular formula is C13H14BrNO3S2. The molecule has 7 heteroatoms. The molecule has 0 saturated carbocycles. The van der Waals surface area contributed by atoms with E-state index in [4.69, 9.17) is 5.11 Å². The number of rotatable bonds is 5. The lowest BCUT2D eigenvalue weighted by Crippen LogP contribution is -2.25. The smallest absolute Gasteiger partial charge is 0.252 e. The summed E-state index contributed by atoms with van der Waals surface area (Å²) in [5.74, 6) is 0. The highest BCUT2D eigenvalue weighted by atomic mass is 79.9. The Kier molecular flexibility index (Phi) is 4.98. The number of aliphatic hydroxyl groups excluding tert-OH is 1. The zero-order valence-corrected chi connectivity index (χ0v) is 14.0. The average molecular weight is 376 g/mol. The minimum atomic E-state index is -3.52. The van der Waals surface area contributed by atoms with Crippen molar-refractivity contribution in [3.63, 3.8) is 0 Å². The zero-order valence-electron chi connectivity index (χ0n) is 10.8. The summed E-state index contributed by atoms with van der Waals surface area (Å²) in [6.45, 7) is 0.143. The molecule has 108 valence electrons. The van der Waals surface area contributed by atoms with Gasteiger partial charge in [0.25, 0.3) is 10.0 Å². The highest BCUT2D eigenvalue weighted by Gasteiger charge is 2.23. The van der Waals surface area contributed by atoms with Crippen LogP contribution in [0, 0.1) is 0 Å². The van der Waals surface area contributed by atoms with Crippen molar-refractivity contribution < 1.29 is 13.5 Å². The largest absolute Gasteiger partial charge is 0.391 e. The van der Waals surface area contributed by atoms with E-state index in [0.717, 1.165) is 21.4 Å². The molecule has 4 nitrogen and oxygen atoms in total. The normalized spacial score (nSPS) is 12.0. The Hall–Kier alpha value is -0.730. The molecule has 0 fully saturated rings. The lowest BCUT2D eigenvalue weighted by Gasteiger charge is -2.16. The standard InChI is InChI=1S/C13H14BrNO3S2/c1-15(8-10-4-2-3-5-12(10)14)20(17,18)13-7-6-11(9-16)19-13/h2-7,16H,8-9H2,1H3. The molecule has 0 atom stereocenters. The van der Waals surface area contributed by atoms with Gasteiger partial charge in [0.05, 0.1) is 6.61 Å². The number of nitrogens with zero attached hydrogens (tertiary/aromatic N) is 1. The summed E-state index contributed by atoms with van der Waals surface area (Å²) in [5.41, 5.74) is 0.900. The van der Waals surface area contributed by atoms with Crippen molar-refractivity contribution in [3.8, 4) is 0 Å². The van der Waals surface area contributed by atoms with Gasteiger partial charge >= 0.3 is 0 Å². The lowest BCUT2D eigenvalue weighted by molar-refractivity contribution is 0.285. The summed E-state index contributed by atoms with van der Waals surface area (Å²) >= 11 is 4.50. The molecule has 20 heavy (non-hydrogen) atoms. The molecule has 1 aromatic heterocycles. The Morgan fingerprint density at radius 3 is 2.55 bits per heavy atom. The van der Waals surface area contributed by atoms with Crippen LogP contribution in [0.2, 0.25) is 0 Å². The van der Waals surface area contributed by atoms with Gasteiger partial charge in [0, 0.05) is 22.9 Å². The average Bonchev–Trinajstić information content (AvgIpc) is 2.90. The molecule has 0 aliphatic carbocycles. The summed E-state index contributed by atoms with van der Waals surface area (Å²) in [4.78, 5) is 0.637. The van der Waals surface area contributed by atoms with Crippen molar-refractivity contribution in [1.29, 1.82) is 0 Å². The second-order valence-corrected chi connectivity index (χ2v) is 8.53. The van der Waals surface area contributed by atoms with Gasteiger partial charge in [-0.3, -0.25) is 0 Å². The van der Waals surface area contributed by atoms with E-state index in [1.165, 1.54) is 10.4 Å². The fourth-order valence-electron chi connectivity index (χ4n) is 1.69. The van der Waals surface area contributed by atoms with Crippen LogP contribution in [0.5, 0.6) is 0 Å². The van der Waals surface area contributed by atoms with Crippen LogP contribution in [0.15, 0.2) is 45.1 Å². The summed E-state index contributed by atoms with van der Waals surface area (Å²) in [6.07, 6.45) is 0. The number of aliphatic hydroxyl groups is 1. The van der Waals surface area contributed by atoms with Crippen LogP contribution >= 0.6 is 27.3 Å². The number of hydrogen-bond acceptors (Lipinski definition) is 4. The highest BCUT2D eigenvalue weighted by Crippen LogP contribution is 2.26.